The Morgan fingerprint density at radius 3 is 2.11 bits per heavy atom. The van der Waals surface area contributed by atoms with Crippen molar-refractivity contribution in [2.24, 2.45) is 5.92 Å². The highest BCUT2D eigenvalue weighted by molar-refractivity contribution is 5.22. The van der Waals surface area contributed by atoms with E-state index in [1.54, 1.807) is 0 Å². The van der Waals surface area contributed by atoms with Gasteiger partial charge in [-0.25, -0.2) is 0 Å². The predicted octanol–water partition coefficient (Wildman–Crippen LogP) is 2.97. The van der Waals surface area contributed by atoms with Gasteiger partial charge in [0.2, 0.25) is 0 Å². The molecule has 2 N–H and O–H groups in total. The van der Waals surface area contributed by atoms with Gasteiger partial charge in [0.25, 0.3) is 0 Å². The number of hydrogen-bond donors (Lipinski definition) is 2. The Morgan fingerprint density at radius 1 is 0.944 bits per heavy atom. The van der Waals surface area contributed by atoms with Crippen LogP contribution in [0, 0.1) is 5.92 Å². The van der Waals surface area contributed by atoms with Gasteiger partial charge < -0.3 is 10.6 Å². The fraction of sp³-hybridized carbons (Fsp3) is 0.625. The standard InChI is InChI=1S/C16H28N2/c1-5-15-6-8-16(9-7-15)12-18-14(4)11-17-10-13(2)3/h6-9,13-14,17-18H,5,10-12H2,1-4H3. The molecule has 0 aliphatic heterocycles. The lowest BCUT2D eigenvalue weighted by Gasteiger charge is -2.16. The van der Waals surface area contributed by atoms with Crippen LogP contribution < -0.4 is 10.6 Å². The smallest absolute Gasteiger partial charge is 0.0208 e. The fourth-order valence-electron chi connectivity index (χ4n) is 1.85. The summed E-state index contributed by atoms with van der Waals surface area (Å²) in [6.07, 6.45) is 1.11. The summed E-state index contributed by atoms with van der Waals surface area (Å²) in [6, 6.07) is 9.40. The Balaban J connectivity index is 2.22. The molecule has 1 rings (SSSR count). The summed E-state index contributed by atoms with van der Waals surface area (Å²) in [5.41, 5.74) is 2.77. The van der Waals surface area contributed by atoms with E-state index >= 15 is 0 Å². The topological polar surface area (TPSA) is 24.1 Å². The molecular formula is C16H28N2. The van der Waals surface area contributed by atoms with Crippen LogP contribution in [-0.2, 0) is 13.0 Å². The van der Waals surface area contributed by atoms with E-state index in [1.165, 1.54) is 11.1 Å². The first-order valence-electron chi connectivity index (χ1n) is 7.13. The Kier molecular flexibility index (Phi) is 6.99. The maximum Gasteiger partial charge on any atom is 0.0208 e. The van der Waals surface area contributed by atoms with Crippen molar-refractivity contribution in [1.29, 1.82) is 0 Å². The van der Waals surface area contributed by atoms with Gasteiger partial charge in [0.1, 0.15) is 0 Å². The van der Waals surface area contributed by atoms with Crippen LogP contribution in [-0.4, -0.2) is 19.1 Å². The van der Waals surface area contributed by atoms with Crippen molar-refractivity contribution in [1.82, 2.24) is 10.6 Å². The highest BCUT2D eigenvalue weighted by Gasteiger charge is 2.01. The van der Waals surface area contributed by atoms with Crippen molar-refractivity contribution in [3.8, 4) is 0 Å². The zero-order valence-electron chi connectivity index (χ0n) is 12.3. The van der Waals surface area contributed by atoms with Crippen LogP contribution in [0.3, 0.4) is 0 Å². The molecule has 0 saturated heterocycles. The summed E-state index contributed by atoms with van der Waals surface area (Å²) in [5, 5.41) is 7.02. The van der Waals surface area contributed by atoms with Crippen molar-refractivity contribution < 1.29 is 0 Å². The maximum absolute atomic E-state index is 3.55. The van der Waals surface area contributed by atoms with Gasteiger partial charge in [0.05, 0.1) is 0 Å². The van der Waals surface area contributed by atoms with Gasteiger partial charge in [-0.3, -0.25) is 0 Å². The third kappa shape index (κ3) is 6.18. The van der Waals surface area contributed by atoms with Crippen LogP contribution in [0.2, 0.25) is 0 Å². The molecule has 0 bridgehead atoms. The van der Waals surface area contributed by atoms with Crippen LogP contribution in [0.25, 0.3) is 0 Å². The third-order valence-electron chi connectivity index (χ3n) is 3.09. The minimum atomic E-state index is 0.509. The lowest BCUT2D eigenvalue weighted by molar-refractivity contribution is 0.472. The number of rotatable bonds is 8. The molecule has 18 heavy (non-hydrogen) atoms. The summed E-state index contributed by atoms with van der Waals surface area (Å²) >= 11 is 0. The second-order valence-electron chi connectivity index (χ2n) is 5.50. The molecule has 1 atom stereocenters. The Hall–Kier alpha value is -0.860. The molecule has 1 aromatic carbocycles. The first-order valence-corrected chi connectivity index (χ1v) is 7.13. The lowest BCUT2D eigenvalue weighted by atomic mass is 10.1. The van der Waals surface area contributed by atoms with E-state index in [0.29, 0.717) is 6.04 Å². The van der Waals surface area contributed by atoms with Crippen molar-refractivity contribution in [3.63, 3.8) is 0 Å². The highest BCUT2D eigenvalue weighted by Crippen LogP contribution is 2.04. The second kappa shape index (κ2) is 8.28. The average Bonchev–Trinajstić information content (AvgIpc) is 2.36. The molecule has 0 spiro atoms. The zero-order valence-corrected chi connectivity index (χ0v) is 12.3. The largest absolute Gasteiger partial charge is 0.315 e. The first kappa shape index (κ1) is 15.2. The van der Waals surface area contributed by atoms with Crippen LogP contribution in [0.1, 0.15) is 38.8 Å². The molecule has 1 aromatic rings. The van der Waals surface area contributed by atoms with Crippen molar-refractivity contribution in [3.05, 3.63) is 35.4 Å². The van der Waals surface area contributed by atoms with E-state index in [2.05, 4.69) is 62.6 Å². The maximum atomic E-state index is 3.55. The SMILES string of the molecule is CCc1ccc(CNC(C)CNCC(C)C)cc1. The molecule has 0 saturated carbocycles. The quantitative estimate of drug-likeness (QED) is 0.739. The number of nitrogens with one attached hydrogen (secondary N) is 2. The van der Waals surface area contributed by atoms with Crippen molar-refractivity contribution in [2.75, 3.05) is 13.1 Å². The van der Waals surface area contributed by atoms with Gasteiger partial charge in [-0.2, -0.15) is 0 Å². The Labute approximate surface area is 112 Å². The molecule has 0 aliphatic rings. The summed E-state index contributed by atoms with van der Waals surface area (Å²) in [7, 11) is 0. The van der Waals surface area contributed by atoms with Gasteiger partial charge in [-0.15, -0.1) is 0 Å². The molecule has 0 aromatic heterocycles. The Morgan fingerprint density at radius 2 is 1.56 bits per heavy atom. The monoisotopic (exact) mass is 248 g/mol. The van der Waals surface area contributed by atoms with Gasteiger partial charge in [-0.1, -0.05) is 45.0 Å². The number of hydrogen-bond acceptors (Lipinski definition) is 2. The second-order valence-corrected chi connectivity index (χ2v) is 5.50. The van der Waals surface area contributed by atoms with Crippen LogP contribution in [0.4, 0.5) is 0 Å². The van der Waals surface area contributed by atoms with Crippen LogP contribution in [0.15, 0.2) is 24.3 Å². The van der Waals surface area contributed by atoms with Gasteiger partial charge in [0, 0.05) is 19.1 Å². The van der Waals surface area contributed by atoms with E-state index < -0.39 is 0 Å². The third-order valence-corrected chi connectivity index (χ3v) is 3.09. The van der Waals surface area contributed by atoms with Crippen molar-refractivity contribution >= 4 is 0 Å². The number of benzene rings is 1. The molecule has 0 amide bonds. The van der Waals surface area contributed by atoms with E-state index in [1.807, 2.05) is 0 Å². The molecule has 0 heterocycles. The molecule has 0 aliphatic carbocycles. The van der Waals surface area contributed by atoms with Crippen LogP contribution in [0.5, 0.6) is 0 Å². The summed E-state index contributed by atoms with van der Waals surface area (Å²) in [6.45, 7) is 12.0. The van der Waals surface area contributed by atoms with E-state index in [0.717, 1.165) is 32.0 Å². The average molecular weight is 248 g/mol. The number of aryl methyl sites for hydroxylation is 1. The van der Waals surface area contributed by atoms with Crippen molar-refractivity contribution in [2.45, 2.75) is 46.7 Å². The molecule has 102 valence electrons. The van der Waals surface area contributed by atoms with Gasteiger partial charge in [0.15, 0.2) is 0 Å². The minimum absolute atomic E-state index is 0.509. The summed E-state index contributed by atoms with van der Waals surface area (Å²) in [4.78, 5) is 0. The highest BCUT2D eigenvalue weighted by atomic mass is 15.0. The first-order chi connectivity index (χ1) is 8.61. The normalized spacial score (nSPS) is 12.9. The lowest BCUT2D eigenvalue weighted by Crippen LogP contribution is -2.37. The van der Waals surface area contributed by atoms with E-state index in [4.69, 9.17) is 0 Å². The molecule has 1 unspecified atom stereocenters. The molecule has 0 radical (unpaired) electrons. The van der Waals surface area contributed by atoms with E-state index in [-0.39, 0.29) is 0 Å². The zero-order chi connectivity index (χ0) is 13.4. The van der Waals surface area contributed by atoms with Gasteiger partial charge >= 0.3 is 0 Å². The Bertz CT molecular complexity index is 316. The summed E-state index contributed by atoms with van der Waals surface area (Å²) < 4.78 is 0. The molecule has 0 fully saturated rings. The van der Waals surface area contributed by atoms with Gasteiger partial charge in [-0.05, 0) is 36.9 Å². The summed E-state index contributed by atoms with van der Waals surface area (Å²) in [5.74, 6) is 0.721. The van der Waals surface area contributed by atoms with Crippen LogP contribution >= 0.6 is 0 Å². The predicted molar refractivity (Wildman–Crippen MR) is 79.8 cm³/mol. The van der Waals surface area contributed by atoms with E-state index in [9.17, 15) is 0 Å². The minimum Gasteiger partial charge on any atom is -0.315 e. The molecular weight excluding hydrogens is 220 g/mol. The fourth-order valence-corrected chi connectivity index (χ4v) is 1.85. The molecule has 2 heteroatoms. The molecule has 2 nitrogen and oxygen atoms in total.